The number of aryl methyl sites for hydroxylation is 1. The smallest absolute Gasteiger partial charge is 0.434 e. The number of nitrogens with zero attached hydrogens (tertiary/aromatic N) is 1. The van der Waals surface area contributed by atoms with E-state index in [1.807, 2.05) is 6.07 Å². The maximum atomic E-state index is 11.8. The summed E-state index contributed by atoms with van der Waals surface area (Å²) < 4.78 is 18.2. The van der Waals surface area contributed by atoms with Gasteiger partial charge < -0.3 is 14.2 Å². The molecule has 0 saturated heterocycles. The molecule has 0 aliphatic carbocycles. The molecule has 0 spiro atoms. The van der Waals surface area contributed by atoms with Gasteiger partial charge >= 0.3 is 6.16 Å². The van der Waals surface area contributed by atoms with E-state index in [1.54, 1.807) is 0 Å². The lowest BCUT2D eigenvalue weighted by atomic mass is 10.0. The molecule has 0 unspecified atom stereocenters. The van der Waals surface area contributed by atoms with Crippen molar-refractivity contribution in [2.24, 2.45) is 0 Å². The summed E-state index contributed by atoms with van der Waals surface area (Å²) in [4.78, 5) is 11.8. The fraction of sp³-hybridized carbons (Fsp3) is 0.765. The number of hydrogen-bond acceptors (Lipinski definition) is 4. The Hall–Kier alpha value is -1.88. The van der Waals surface area contributed by atoms with Gasteiger partial charge in [-0.05, 0) is 24.8 Å². The van der Waals surface area contributed by atoms with Crippen LogP contribution in [-0.2, 0) is 20.8 Å². The van der Waals surface area contributed by atoms with Crippen LogP contribution in [-0.4, -0.2) is 32.6 Å². The van der Waals surface area contributed by atoms with Crippen LogP contribution in [0.15, 0.2) is 42.7 Å². The maximum absolute atomic E-state index is 11.8. The summed E-state index contributed by atoms with van der Waals surface area (Å²) in [6.45, 7) is 8.99. The predicted octanol–water partition coefficient (Wildman–Crippen LogP) is 9.52. The Morgan fingerprint density at radius 3 is 1.64 bits per heavy atom. The summed E-state index contributed by atoms with van der Waals surface area (Å²) in [5, 5.41) is 0. The van der Waals surface area contributed by atoms with Gasteiger partial charge in [-0.2, -0.15) is 0 Å². The lowest BCUT2D eigenvalue weighted by molar-refractivity contribution is -0.697. The second kappa shape index (κ2) is 27.7. The molecule has 0 aliphatic rings. The molecule has 0 aliphatic heterocycles. The number of rotatable bonds is 28. The van der Waals surface area contributed by atoms with Crippen molar-refractivity contribution in [1.29, 1.82) is 0 Å². The number of pyridine rings is 1. The molecule has 0 atom stereocenters. The highest BCUT2D eigenvalue weighted by Gasteiger charge is 2.05. The first-order valence-electron chi connectivity index (χ1n) is 16.2. The monoisotopic (exact) mass is 546 g/mol. The zero-order valence-corrected chi connectivity index (χ0v) is 25.4. The quantitative estimate of drug-likeness (QED) is 0.0454. The minimum atomic E-state index is -0.603. The fourth-order valence-corrected chi connectivity index (χ4v) is 4.70. The van der Waals surface area contributed by atoms with E-state index in [9.17, 15) is 4.79 Å². The van der Waals surface area contributed by atoms with Crippen molar-refractivity contribution in [1.82, 2.24) is 0 Å². The molecular formula is C34H60NO4+. The van der Waals surface area contributed by atoms with Crippen molar-refractivity contribution in [2.75, 3.05) is 26.4 Å². The van der Waals surface area contributed by atoms with E-state index in [-0.39, 0.29) is 6.61 Å². The van der Waals surface area contributed by atoms with Crippen LogP contribution >= 0.6 is 0 Å². The summed E-state index contributed by atoms with van der Waals surface area (Å²) in [5.74, 6) is 0. The Bertz CT molecular complexity index is 679. The molecule has 0 aromatic carbocycles. The average molecular weight is 547 g/mol. The lowest BCUT2D eigenvalue weighted by Gasteiger charge is -2.09. The average Bonchev–Trinajstić information content (AvgIpc) is 2.95. The molecule has 0 fully saturated rings. The number of hydrogen-bond donors (Lipinski definition) is 0. The van der Waals surface area contributed by atoms with Gasteiger partial charge in [0.1, 0.15) is 13.2 Å². The molecule has 0 N–H and O–H groups in total. The molecule has 1 aromatic heterocycles. The Morgan fingerprint density at radius 1 is 0.590 bits per heavy atom. The lowest BCUT2D eigenvalue weighted by Crippen LogP contribution is -2.32. The summed E-state index contributed by atoms with van der Waals surface area (Å²) in [5.41, 5.74) is 0.759. The van der Waals surface area contributed by atoms with Crippen LogP contribution < -0.4 is 4.57 Å². The zero-order valence-electron chi connectivity index (χ0n) is 25.4. The molecule has 1 aromatic rings. The summed E-state index contributed by atoms with van der Waals surface area (Å²) in [6.07, 6.45) is 29.5. The summed E-state index contributed by atoms with van der Waals surface area (Å²) >= 11 is 0. The predicted molar refractivity (Wildman–Crippen MR) is 162 cm³/mol. The molecule has 1 heterocycles. The van der Waals surface area contributed by atoms with E-state index in [0.29, 0.717) is 19.8 Å². The SMILES string of the molecule is C=C(COCCCCCC[n+]1ccccc1)COC(=O)OCCCCCCCCCCCCCCCCCC. The normalized spacial score (nSPS) is 11.0. The highest BCUT2D eigenvalue weighted by molar-refractivity contribution is 5.60. The highest BCUT2D eigenvalue weighted by Crippen LogP contribution is 2.13. The molecule has 5 heteroatoms. The van der Waals surface area contributed by atoms with Crippen LogP contribution in [0.1, 0.15) is 135 Å². The second-order valence-corrected chi connectivity index (χ2v) is 11.0. The second-order valence-electron chi connectivity index (χ2n) is 11.0. The molecule has 5 nitrogen and oxygen atoms in total. The number of carbonyl (C=O) groups is 1. The Labute approximate surface area is 240 Å². The van der Waals surface area contributed by atoms with Crippen molar-refractivity contribution in [2.45, 2.75) is 142 Å². The third-order valence-electron chi connectivity index (χ3n) is 7.15. The van der Waals surface area contributed by atoms with Gasteiger partial charge in [0, 0.05) is 25.2 Å². The highest BCUT2D eigenvalue weighted by atomic mass is 16.7. The first-order valence-corrected chi connectivity index (χ1v) is 16.2. The summed E-state index contributed by atoms with van der Waals surface area (Å²) in [7, 11) is 0. The third-order valence-corrected chi connectivity index (χ3v) is 7.15. The van der Waals surface area contributed by atoms with Crippen molar-refractivity contribution >= 4 is 6.16 Å². The number of aromatic nitrogens is 1. The summed E-state index contributed by atoms with van der Waals surface area (Å²) in [6, 6.07) is 6.16. The van der Waals surface area contributed by atoms with E-state index >= 15 is 0 Å². The van der Waals surface area contributed by atoms with Gasteiger partial charge in [0.25, 0.3) is 0 Å². The minimum absolute atomic E-state index is 0.159. The molecular weight excluding hydrogens is 486 g/mol. The molecule has 0 bridgehead atoms. The van der Waals surface area contributed by atoms with Gasteiger partial charge in [-0.25, -0.2) is 9.36 Å². The van der Waals surface area contributed by atoms with Crippen LogP contribution in [0.3, 0.4) is 0 Å². The molecule has 0 radical (unpaired) electrons. The van der Waals surface area contributed by atoms with Gasteiger partial charge in [-0.15, -0.1) is 0 Å². The zero-order chi connectivity index (χ0) is 28.1. The fourth-order valence-electron chi connectivity index (χ4n) is 4.70. The van der Waals surface area contributed by atoms with Gasteiger partial charge in [-0.1, -0.05) is 122 Å². The van der Waals surface area contributed by atoms with Gasteiger partial charge in [0.2, 0.25) is 0 Å². The Kier molecular flexibility index (Phi) is 24.9. The number of unbranched alkanes of at least 4 members (excludes halogenated alkanes) is 18. The van der Waals surface area contributed by atoms with Crippen molar-refractivity contribution in [3.63, 3.8) is 0 Å². The van der Waals surface area contributed by atoms with Gasteiger partial charge in [-0.3, -0.25) is 0 Å². The first-order chi connectivity index (χ1) is 19.2. The van der Waals surface area contributed by atoms with Crippen LogP contribution in [0.25, 0.3) is 0 Å². The first kappa shape index (κ1) is 35.1. The van der Waals surface area contributed by atoms with Crippen molar-refractivity contribution < 1.29 is 23.6 Å². The minimum Gasteiger partial charge on any atom is -0.434 e. The van der Waals surface area contributed by atoms with Crippen LogP contribution in [0.5, 0.6) is 0 Å². The standard InChI is InChI=1S/C34H60NO4/c1-3-4-5-6-7-8-9-10-11-12-13-14-15-16-18-25-30-38-34(36)39-32-33(2)31-37-29-24-19-17-21-26-35-27-22-20-23-28-35/h20,22-23,27-28H,2-19,21,24-26,29-32H2,1H3/q+1. The Morgan fingerprint density at radius 2 is 1.08 bits per heavy atom. The molecule has 0 amide bonds. The van der Waals surface area contributed by atoms with E-state index in [0.717, 1.165) is 37.8 Å². The van der Waals surface area contributed by atoms with Gasteiger partial charge in [0.05, 0.1) is 13.2 Å². The van der Waals surface area contributed by atoms with Crippen LogP contribution in [0.2, 0.25) is 0 Å². The van der Waals surface area contributed by atoms with Crippen molar-refractivity contribution in [3.05, 3.63) is 42.7 Å². The van der Waals surface area contributed by atoms with E-state index in [2.05, 4.69) is 42.6 Å². The largest absolute Gasteiger partial charge is 0.508 e. The molecule has 1 rings (SSSR count). The topological polar surface area (TPSA) is 48.6 Å². The molecule has 0 saturated carbocycles. The molecule has 224 valence electrons. The van der Waals surface area contributed by atoms with Gasteiger partial charge in [0.15, 0.2) is 12.4 Å². The van der Waals surface area contributed by atoms with E-state index < -0.39 is 6.16 Å². The number of ether oxygens (including phenoxy) is 3. The third kappa shape index (κ3) is 24.9. The van der Waals surface area contributed by atoms with Crippen molar-refractivity contribution in [3.8, 4) is 0 Å². The van der Waals surface area contributed by atoms with E-state index in [1.165, 1.54) is 103 Å². The molecule has 39 heavy (non-hydrogen) atoms. The Balaban J connectivity index is 1.76. The number of carbonyl (C=O) groups excluding carboxylic acids is 1. The van der Waals surface area contributed by atoms with Crippen LogP contribution in [0.4, 0.5) is 4.79 Å². The van der Waals surface area contributed by atoms with E-state index in [4.69, 9.17) is 14.2 Å². The maximum Gasteiger partial charge on any atom is 0.508 e. The van der Waals surface area contributed by atoms with Crippen LogP contribution in [0, 0.1) is 0 Å².